The Morgan fingerprint density at radius 3 is 2.62 bits per heavy atom. The second-order valence-electron chi connectivity index (χ2n) is 4.22. The van der Waals surface area contributed by atoms with Crippen molar-refractivity contribution < 1.29 is 0 Å². The van der Waals surface area contributed by atoms with Gasteiger partial charge in [0.25, 0.3) is 0 Å². The van der Waals surface area contributed by atoms with E-state index in [9.17, 15) is 0 Å². The predicted molar refractivity (Wildman–Crippen MR) is 57.4 cm³/mol. The highest BCUT2D eigenvalue weighted by Gasteiger charge is 2.18. The van der Waals surface area contributed by atoms with E-state index in [1.807, 2.05) is 0 Å². The van der Waals surface area contributed by atoms with Gasteiger partial charge < -0.3 is 0 Å². The van der Waals surface area contributed by atoms with E-state index in [2.05, 4.69) is 19.4 Å². The SMILES string of the molecule is CCCCC1=CC2=C([CH]1)CCCC2. The molecule has 0 bridgehead atoms. The molecule has 0 nitrogen and oxygen atoms in total. The molecule has 71 valence electrons. The fraction of sp³-hybridized carbons (Fsp3) is 0.615. The molecule has 0 aromatic rings. The summed E-state index contributed by atoms with van der Waals surface area (Å²) in [7, 11) is 0. The number of hydrogen-bond donors (Lipinski definition) is 0. The summed E-state index contributed by atoms with van der Waals surface area (Å²) in [6, 6.07) is 0. The van der Waals surface area contributed by atoms with E-state index in [4.69, 9.17) is 0 Å². The Morgan fingerprint density at radius 2 is 1.92 bits per heavy atom. The van der Waals surface area contributed by atoms with Crippen LogP contribution < -0.4 is 0 Å². The molecule has 2 aliphatic carbocycles. The van der Waals surface area contributed by atoms with Crippen LogP contribution in [-0.2, 0) is 0 Å². The lowest BCUT2D eigenvalue weighted by Gasteiger charge is -2.12. The first-order valence-electron chi connectivity index (χ1n) is 5.67. The monoisotopic (exact) mass is 175 g/mol. The Kier molecular flexibility index (Phi) is 2.87. The van der Waals surface area contributed by atoms with E-state index in [-0.39, 0.29) is 0 Å². The molecule has 0 aliphatic heterocycles. The highest BCUT2D eigenvalue weighted by atomic mass is 14.2. The highest BCUT2D eigenvalue weighted by molar-refractivity contribution is 5.48. The highest BCUT2D eigenvalue weighted by Crippen LogP contribution is 2.36. The molecule has 13 heavy (non-hydrogen) atoms. The molecular formula is C13H19. The summed E-state index contributed by atoms with van der Waals surface area (Å²) in [6.07, 6.45) is 14.3. The van der Waals surface area contributed by atoms with E-state index in [0.717, 1.165) is 0 Å². The maximum absolute atomic E-state index is 2.45. The van der Waals surface area contributed by atoms with Crippen LogP contribution in [0.5, 0.6) is 0 Å². The van der Waals surface area contributed by atoms with E-state index < -0.39 is 0 Å². The quantitative estimate of drug-likeness (QED) is 0.603. The molecule has 0 atom stereocenters. The van der Waals surface area contributed by atoms with Gasteiger partial charge in [0, 0.05) is 6.42 Å². The Balaban J connectivity index is 1.92. The number of rotatable bonds is 3. The van der Waals surface area contributed by atoms with Crippen molar-refractivity contribution in [3.8, 4) is 0 Å². The molecular weight excluding hydrogens is 156 g/mol. The van der Waals surface area contributed by atoms with Gasteiger partial charge in [-0.05, 0) is 44.1 Å². The molecule has 0 unspecified atom stereocenters. The fourth-order valence-electron chi connectivity index (χ4n) is 2.30. The second-order valence-corrected chi connectivity index (χ2v) is 4.22. The van der Waals surface area contributed by atoms with E-state index in [1.165, 1.54) is 44.9 Å². The standard InChI is InChI=1S/C13H19/c1-2-3-6-11-9-12-7-4-5-8-13(12)10-11/h9-10H,2-8H2,1H3. The topological polar surface area (TPSA) is 0 Å². The largest absolute Gasteiger partial charge is 0.0654 e. The van der Waals surface area contributed by atoms with E-state index in [0.29, 0.717) is 0 Å². The maximum Gasteiger partial charge on any atom is 0.0119 e. The van der Waals surface area contributed by atoms with Crippen LogP contribution in [0.2, 0.25) is 0 Å². The Labute approximate surface area is 81.7 Å². The predicted octanol–water partition coefficient (Wildman–Crippen LogP) is 4.19. The van der Waals surface area contributed by atoms with Gasteiger partial charge in [-0.15, -0.1) is 0 Å². The minimum atomic E-state index is 1.30. The van der Waals surface area contributed by atoms with Gasteiger partial charge in [0.2, 0.25) is 0 Å². The van der Waals surface area contributed by atoms with Crippen LogP contribution in [0.1, 0.15) is 51.9 Å². The molecule has 0 N–H and O–H groups in total. The normalized spacial score (nSPS) is 21.8. The van der Waals surface area contributed by atoms with Crippen molar-refractivity contribution >= 4 is 0 Å². The lowest BCUT2D eigenvalue weighted by molar-refractivity contribution is 0.693. The summed E-state index contributed by atoms with van der Waals surface area (Å²) >= 11 is 0. The van der Waals surface area contributed by atoms with Crippen LogP contribution in [0.15, 0.2) is 22.8 Å². The van der Waals surface area contributed by atoms with Crippen molar-refractivity contribution in [1.29, 1.82) is 0 Å². The lowest BCUT2D eigenvalue weighted by atomic mass is 9.93. The van der Waals surface area contributed by atoms with Crippen molar-refractivity contribution in [3.05, 3.63) is 29.2 Å². The van der Waals surface area contributed by atoms with Gasteiger partial charge in [0.15, 0.2) is 0 Å². The lowest BCUT2D eigenvalue weighted by Crippen LogP contribution is -1.93. The number of allylic oxidation sites excluding steroid dienone is 4. The third-order valence-corrected chi connectivity index (χ3v) is 3.09. The van der Waals surface area contributed by atoms with Crippen LogP contribution in [0.3, 0.4) is 0 Å². The third-order valence-electron chi connectivity index (χ3n) is 3.09. The van der Waals surface area contributed by atoms with E-state index in [1.54, 1.807) is 16.7 Å². The smallest absolute Gasteiger partial charge is 0.0119 e. The van der Waals surface area contributed by atoms with Crippen LogP contribution in [0.4, 0.5) is 0 Å². The molecule has 0 saturated carbocycles. The van der Waals surface area contributed by atoms with Gasteiger partial charge >= 0.3 is 0 Å². The molecule has 0 heterocycles. The summed E-state index contributed by atoms with van der Waals surface area (Å²) in [5.74, 6) is 0. The zero-order valence-corrected chi connectivity index (χ0v) is 8.60. The van der Waals surface area contributed by atoms with Crippen LogP contribution in [-0.4, -0.2) is 0 Å². The first kappa shape index (κ1) is 9.05. The Hall–Kier alpha value is -0.520. The molecule has 0 heteroatoms. The molecule has 0 saturated heterocycles. The van der Waals surface area contributed by atoms with Crippen molar-refractivity contribution in [2.24, 2.45) is 0 Å². The van der Waals surface area contributed by atoms with Crippen molar-refractivity contribution in [2.45, 2.75) is 51.9 Å². The van der Waals surface area contributed by atoms with Gasteiger partial charge in [-0.3, -0.25) is 0 Å². The zero-order chi connectivity index (χ0) is 9.10. The Morgan fingerprint density at radius 1 is 1.15 bits per heavy atom. The summed E-state index contributed by atoms with van der Waals surface area (Å²) in [4.78, 5) is 0. The summed E-state index contributed by atoms with van der Waals surface area (Å²) in [5.41, 5.74) is 4.89. The molecule has 2 rings (SSSR count). The van der Waals surface area contributed by atoms with Crippen molar-refractivity contribution in [1.82, 2.24) is 0 Å². The molecule has 0 amide bonds. The number of hydrogen-bond acceptors (Lipinski definition) is 0. The van der Waals surface area contributed by atoms with Gasteiger partial charge in [-0.25, -0.2) is 0 Å². The maximum atomic E-state index is 2.45. The molecule has 1 radical (unpaired) electrons. The average Bonchev–Trinajstić information content (AvgIpc) is 2.57. The molecule has 2 aliphatic rings. The first-order chi connectivity index (χ1) is 6.40. The van der Waals surface area contributed by atoms with Gasteiger partial charge in [0.1, 0.15) is 0 Å². The Bertz CT molecular complexity index is 243. The second kappa shape index (κ2) is 4.13. The van der Waals surface area contributed by atoms with E-state index >= 15 is 0 Å². The first-order valence-corrected chi connectivity index (χ1v) is 5.67. The fourth-order valence-corrected chi connectivity index (χ4v) is 2.30. The van der Waals surface area contributed by atoms with Crippen LogP contribution in [0, 0.1) is 6.42 Å². The van der Waals surface area contributed by atoms with Gasteiger partial charge in [-0.2, -0.15) is 0 Å². The number of unbranched alkanes of at least 4 members (excludes halogenated alkanes) is 1. The van der Waals surface area contributed by atoms with Gasteiger partial charge in [0.05, 0.1) is 0 Å². The van der Waals surface area contributed by atoms with Crippen molar-refractivity contribution in [3.63, 3.8) is 0 Å². The minimum Gasteiger partial charge on any atom is -0.0654 e. The third kappa shape index (κ3) is 2.04. The van der Waals surface area contributed by atoms with Crippen LogP contribution in [0.25, 0.3) is 0 Å². The van der Waals surface area contributed by atoms with Crippen LogP contribution >= 0.6 is 0 Å². The summed E-state index contributed by atoms with van der Waals surface area (Å²) in [5, 5.41) is 0. The summed E-state index contributed by atoms with van der Waals surface area (Å²) in [6.45, 7) is 2.27. The van der Waals surface area contributed by atoms with Crippen molar-refractivity contribution in [2.75, 3.05) is 0 Å². The van der Waals surface area contributed by atoms with Gasteiger partial charge in [-0.1, -0.05) is 30.6 Å². The summed E-state index contributed by atoms with van der Waals surface area (Å²) < 4.78 is 0. The molecule has 0 aromatic heterocycles. The molecule has 0 fully saturated rings. The molecule has 0 aromatic carbocycles. The minimum absolute atomic E-state index is 1.30. The zero-order valence-electron chi connectivity index (χ0n) is 8.60. The average molecular weight is 175 g/mol. The molecule has 0 spiro atoms.